The predicted molar refractivity (Wildman–Crippen MR) is 136 cm³/mol. The van der Waals surface area contributed by atoms with Gasteiger partial charge in [0, 0.05) is 44.2 Å². The van der Waals surface area contributed by atoms with E-state index in [-0.39, 0.29) is 12.3 Å². The van der Waals surface area contributed by atoms with Gasteiger partial charge >= 0.3 is 0 Å². The van der Waals surface area contributed by atoms with Gasteiger partial charge in [0.05, 0.1) is 30.8 Å². The molecule has 1 aromatic carbocycles. The van der Waals surface area contributed by atoms with E-state index in [1.165, 1.54) is 0 Å². The Morgan fingerprint density at radius 2 is 2.03 bits per heavy atom. The first-order valence-electron chi connectivity index (χ1n) is 11.0. The van der Waals surface area contributed by atoms with Crippen LogP contribution in [-0.2, 0) is 16.6 Å². The van der Waals surface area contributed by atoms with Crippen molar-refractivity contribution in [1.82, 2.24) is 9.88 Å². The third-order valence-electron chi connectivity index (χ3n) is 4.85. The van der Waals surface area contributed by atoms with Gasteiger partial charge in [0.1, 0.15) is 0 Å². The number of aromatic nitrogens is 1. The van der Waals surface area contributed by atoms with E-state index in [4.69, 9.17) is 9.47 Å². The van der Waals surface area contributed by atoms with Gasteiger partial charge in [0.2, 0.25) is 12.3 Å². The second-order valence-corrected chi connectivity index (χ2v) is 8.63. The van der Waals surface area contributed by atoms with Crippen LogP contribution in [0, 0.1) is 6.92 Å². The number of anilines is 1. The van der Waals surface area contributed by atoms with Gasteiger partial charge in [-0.05, 0) is 43.2 Å². The average Bonchev–Trinajstić information content (AvgIpc) is 3.18. The third-order valence-corrected chi connectivity index (χ3v) is 5.81. The molecule has 0 unspecified atom stereocenters. The van der Waals surface area contributed by atoms with E-state index in [0.29, 0.717) is 48.9 Å². The Labute approximate surface area is 204 Å². The minimum atomic E-state index is -0.146. The number of carbonyl (C=O) groups excluding carboxylic acids is 3. The lowest BCUT2D eigenvalue weighted by molar-refractivity contribution is -0.116. The molecule has 0 aliphatic carbocycles. The van der Waals surface area contributed by atoms with E-state index in [1.807, 2.05) is 25.3 Å². The van der Waals surface area contributed by atoms with Crippen molar-refractivity contribution in [3.63, 3.8) is 0 Å². The lowest BCUT2D eigenvalue weighted by Crippen LogP contribution is -2.12. The molecule has 9 nitrogen and oxygen atoms in total. The van der Waals surface area contributed by atoms with E-state index < -0.39 is 0 Å². The second kappa shape index (κ2) is 14.8. The molecule has 2 rings (SSSR count). The Morgan fingerprint density at radius 1 is 1.21 bits per heavy atom. The monoisotopic (exact) mass is 488 g/mol. The van der Waals surface area contributed by atoms with Crippen LogP contribution < -0.4 is 20.1 Å². The fourth-order valence-corrected chi connectivity index (χ4v) is 3.77. The highest BCUT2D eigenvalue weighted by Crippen LogP contribution is 2.34. The van der Waals surface area contributed by atoms with Crippen LogP contribution in [0.1, 0.15) is 35.3 Å². The molecule has 2 N–H and O–H groups in total. The predicted octanol–water partition coefficient (Wildman–Crippen LogP) is 3.52. The number of nitrogens with zero attached hydrogens (tertiary/aromatic N) is 2. The number of carbonyl (C=O) groups is 3. The van der Waals surface area contributed by atoms with E-state index in [1.54, 1.807) is 42.7 Å². The van der Waals surface area contributed by atoms with Gasteiger partial charge in [0.25, 0.3) is 0 Å². The highest BCUT2D eigenvalue weighted by molar-refractivity contribution is 7.99. The van der Waals surface area contributed by atoms with Crippen LogP contribution in [0.2, 0.25) is 0 Å². The van der Waals surface area contributed by atoms with Crippen molar-refractivity contribution < 1.29 is 23.9 Å². The highest BCUT2D eigenvalue weighted by Gasteiger charge is 2.10. The van der Waals surface area contributed by atoms with E-state index >= 15 is 0 Å². The normalized spacial score (nSPS) is 10.8. The molecule has 0 aliphatic rings. The highest BCUT2D eigenvalue weighted by atomic mass is 32.2. The summed E-state index contributed by atoms with van der Waals surface area (Å²) in [6.45, 7) is 2.98. The quantitative estimate of drug-likeness (QED) is 0.212. The summed E-state index contributed by atoms with van der Waals surface area (Å²) in [5, 5.41) is 5.43. The molecule has 1 heterocycles. The fourth-order valence-electron chi connectivity index (χ4n) is 3.07. The zero-order chi connectivity index (χ0) is 24.8. The molecular weight excluding hydrogens is 456 g/mol. The molecule has 0 spiro atoms. The Morgan fingerprint density at radius 3 is 2.74 bits per heavy atom. The number of hydrogen-bond donors (Lipinski definition) is 2. The summed E-state index contributed by atoms with van der Waals surface area (Å²) in [5.41, 5.74) is 2.85. The molecule has 0 aliphatic heterocycles. The zero-order valence-corrected chi connectivity index (χ0v) is 20.7. The molecule has 1 aromatic heterocycles. The van der Waals surface area contributed by atoms with Gasteiger partial charge in [-0.15, -0.1) is 0 Å². The van der Waals surface area contributed by atoms with Gasteiger partial charge in [-0.3, -0.25) is 19.4 Å². The second-order valence-electron chi connectivity index (χ2n) is 7.48. The van der Waals surface area contributed by atoms with Crippen LogP contribution in [0.4, 0.5) is 11.4 Å². The van der Waals surface area contributed by atoms with E-state index in [0.717, 1.165) is 35.5 Å². The van der Waals surface area contributed by atoms with Crippen molar-refractivity contribution in [1.29, 1.82) is 0 Å². The standard InChI is InChI=1S/C24H32N4O5S/c1-18-12-22(32-3)23(14-21(18)26-8-11-34-10-5-7-25-17-30)33-9-4-6-24(31)27-19-13-20(16-29)28(2)15-19/h8,12-17H,4-7,9-11H2,1-3H3,(H,25,30)(H,27,31)/b26-8-. The van der Waals surface area contributed by atoms with Crippen molar-refractivity contribution in [2.45, 2.75) is 26.2 Å². The van der Waals surface area contributed by atoms with Crippen molar-refractivity contribution in [2.75, 3.05) is 37.1 Å². The Kier molecular flexibility index (Phi) is 11.7. The summed E-state index contributed by atoms with van der Waals surface area (Å²) < 4.78 is 13.0. The topological polar surface area (TPSA) is 111 Å². The summed E-state index contributed by atoms with van der Waals surface area (Å²) >= 11 is 1.75. The van der Waals surface area contributed by atoms with Crippen LogP contribution in [0.5, 0.6) is 11.5 Å². The summed E-state index contributed by atoms with van der Waals surface area (Å²) in [4.78, 5) is 37.9. The number of benzene rings is 1. The number of hydrogen-bond acceptors (Lipinski definition) is 7. The first-order chi connectivity index (χ1) is 16.5. The maximum Gasteiger partial charge on any atom is 0.224 e. The molecule has 0 radical (unpaired) electrons. The van der Waals surface area contributed by atoms with Crippen LogP contribution in [-0.4, -0.2) is 61.2 Å². The van der Waals surface area contributed by atoms with Crippen molar-refractivity contribution in [2.24, 2.45) is 12.0 Å². The Bertz CT molecular complexity index is 990. The number of aliphatic imine (C=N–C) groups is 1. The first kappa shape index (κ1) is 27.0. The summed E-state index contributed by atoms with van der Waals surface area (Å²) in [7, 11) is 3.33. The van der Waals surface area contributed by atoms with Gasteiger partial charge in [-0.1, -0.05) is 0 Å². The summed E-state index contributed by atoms with van der Waals surface area (Å²) in [6, 6.07) is 5.35. The molecule has 2 aromatic rings. The van der Waals surface area contributed by atoms with Gasteiger partial charge in [-0.25, -0.2) is 0 Å². The molecular formula is C24H32N4O5S. The number of ether oxygens (including phenoxy) is 2. The van der Waals surface area contributed by atoms with Gasteiger partial charge in [0.15, 0.2) is 17.8 Å². The van der Waals surface area contributed by atoms with Gasteiger partial charge in [-0.2, -0.15) is 11.8 Å². The number of nitrogens with one attached hydrogen (secondary N) is 2. The van der Waals surface area contributed by atoms with Crippen molar-refractivity contribution in [3.8, 4) is 11.5 Å². The third kappa shape index (κ3) is 8.93. The minimum absolute atomic E-state index is 0.146. The lowest BCUT2D eigenvalue weighted by atomic mass is 10.2. The smallest absolute Gasteiger partial charge is 0.224 e. The zero-order valence-electron chi connectivity index (χ0n) is 19.8. The first-order valence-corrected chi connectivity index (χ1v) is 12.1. The Hall–Kier alpha value is -3.27. The van der Waals surface area contributed by atoms with E-state index in [2.05, 4.69) is 15.6 Å². The number of methoxy groups -OCH3 is 1. The van der Waals surface area contributed by atoms with Crippen molar-refractivity contribution in [3.05, 3.63) is 35.7 Å². The molecule has 184 valence electrons. The molecule has 0 fully saturated rings. The maximum absolute atomic E-state index is 12.2. The van der Waals surface area contributed by atoms with E-state index in [9.17, 15) is 14.4 Å². The Balaban J connectivity index is 1.82. The lowest BCUT2D eigenvalue weighted by Gasteiger charge is -2.13. The summed E-state index contributed by atoms with van der Waals surface area (Å²) in [5.74, 6) is 2.76. The fraction of sp³-hybridized carbons (Fsp3) is 0.417. The SMILES string of the molecule is COc1cc(C)c(/N=C\CSCCCNC=O)cc1OCCCC(=O)Nc1cc(C=O)n(C)c1. The molecule has 0 saturated carbocycles. The summed E-state index contributed by atoms with van der Waals surface area (Å²) in [6.07, 6.45) is 6.73. The van der Waals surface area contributed by atoms with Crippen LogP contribution >= 0.6 is 11.8 Å². The maximum atomic E-state index is 12.2. The number of amides is 2. The van der Waals surface area contributed by atoms with Crippen molar-refractivity contribution >= 4 is 48.0 Å². The molecule has 34 heavy (non-hydrogen) atoms. The van der Waals surface area contributed by atoms with Crippen LogP contribution in [0.25, 0.3) is 0 Å². The average molecular weight is 489 g/mol. The number of aryl methyl sites for hydroxylation is 2. The molecule has 10 heteroatoms. The molecule has 0 saturated heterocycles. The number of rotatable bonds is 16. The van der Waals surface area contributed by atoms with Gasteiger partial charge < -0.3 is 24.7 Å². The molecule has 2 amide bonds. The van der Waals surface area contributed by atoms with Crippen LogP contribution in [0.15, 0.2) is 29.4 Å². The number of thioether (sulfide) groups is 1. The molecule has 0 bridgehead atoms. The van der Waals surface area contributed by atoms with Crippen LogP contribution in [0.3, 0.4) is 0 Å². The number of aldehydes is 1. The largest absolute Gasteiger partial charge is 0.493 e. The molecule has 0 atom stereocenters. The minimum Gasteiger partial charge on any atom is -0.493 e.